The van der Waals surface area contributed by atoms with Crippen molar-refractivity contribution in [3.8, 4) is 0 Å². The number of aryl methyl sites for hydroxylation is 1. The molecule has 0 saturated carbocycles. The van der Waals surface area contributed by atoms with E-state index in [2.05, 4.69) is 14.8 Å². The second-order valence-electron chi connectivity index (χ2n) is 5.41. The molecule has 2 aromatic rings. The van der Waals surface area contributed by atoms with E-state index >= 15 is 0 Å². The molecule has 0 saturated heterocycles. The summed E-state index contributed by atoms with van der Waals surface area (Å²) in [6.07, 6.45) is 4.42. The van der Waals surface area contributed by atoms with Gasteiger partial charge in [0.05, 0.1) is 4.90 Å². The Bertz CT molecular complexity index is 639. The van der Waals surface area contributed by atoms with E-state index in [0.29, 0.717) is 4.90 Å². The van der Waals surface area contributed by atoms with Crippen LogP contribution >= 0.6 is 11.8 Å². The van der Waals surface area contributed by atoms with Crippen LogP contribution in [0.25, 0.3) is 0 Å². The molecule has 1 aliphatic heterocycles. The van der Waals surface area contributed by atoms with Crippen molar-refractivity contribution in [1.82, 2.24) is 14.8 Å². The highest BCUT2D eigenvalue weighted by Gasteiger charge is 2.19. The summed E-state index contributed by atoms with van der Waals surface area (Å²) in [7, 11) is 0. The van der Waals surface area contributed by atoms with Gasteiger partial charge in [0, 0.05) is 19.0 Å². The lowest BCUT2D eigenvalue weighted by Crippen LogP contribution is -2.08. The number of hydrogen-bond acceptors (Lipinski definition) is 4. The highest BCUT2D eigenvalue weighted by atomic mass is 32.2. The first-order valence-corrected chi connectivity index (χ1v) is 8.12. The molecule has 21 heavy (non-hydrogen) atoms. The molecule has 2 N–H and O–H groups in total. The molecule has 1 aliphatic rings. The lowest BCUT2D eigenvalue weighted by atomic mass is 10.1. The Labute approximate surface area is 127 Å². The average Bonchev–Trinajstić information content (AvgIpc) is 2.69. The van der Waals surface area contributed by atoms with Gasteiger partial charge in [0.15, 0.2) is 5.16 Å². The van der Waals surface area contributed by atoms with Crippen LogP contribution in [0.5, 0.6) is 0 Å². The van der Waals surface area contributed by atoms with Gasteiger partial charge in [-0.1, -0.05) is 18.6 Å². The number of nitrogens with two attached hydrogens (primary N) is 1. The van der Waals surface area contributed by atoms with Gasteiger partial charge >= 0.3 is 0 Å². The van der Waals surface area contributed by atoms with E-state index < -0.39 is 0 Å². The number of aromatic nitrogens is 3. The Hall–Kier alpha value is -1.40. The summed E-state index contributed by atoms with van der Waals surface area (Å²) in [6.45, 7) is 2.77. The zero-order chi connectivity index (χ0) is 14.8. The molecule has 0 bridgehead atoms. The molecule has 1 aromatic heterocycles. The number of halogens is 1. The first kappa shape index (κ1) is 14.5. The van der Waals surface area contributed by atoms with Crippen molar-refractivity contribution in [2.75, 3.05) is 0 Å². The minimum atomic E-state index is -0.249. The first-order chi connectivity index (χ1) is 10.2. The SMILES string of the molecule is C[C@H](N)c1cccc(F)c1Sc1nnc2n1CCCCC2. The quantitative estimate of drug-likeness (QED) is 0.945. The van der Waals surface area contributed by atoms with Crippen molar-refractivity contribution in [1.29, 1.82) is 0 Å². The lowest BCUT2D eigenvalue weighted by Gasteiger charge is -2.13. The Morgan fingerprint density at radius 2 is 2.14 bits per heavy atom. The molecule has 112 valence electrons. The third-order valence-electron chi connectivity index (χ3n) is 3.76. The van der Waals surface area contributed by atoms with Crippen molar-refractivity contribution in [3.05, 3.63) is 35.4 Å². The highest BCUT2D eigenvalue weighted by Crippen LogP contribution is 2.35. The Morgan fingerprint density at radius 3 is 2.95 bits per heavy atom. The van der Waals surface area contributed by atoms with E-state index in [4.69, 9.17) is 5.73 Å². The fourth-order valence-electron chi connectivity index (χ4n) is 2.62. The van der Waals surface area contributed by atoms with Gasteiger partial charge in [-0.25, -0.2) is 4.39 Å². The zero-order valence-electron chi connectivity index (χ0n) is 12.1. The maximum absolute atomic E-state index is 14.2. The molecule has 2 heterocycles. The molecule has 0 radical (unpaired) electrons. The van der Waals surface area contributed by atoms with Crippen LogP contribution in [0.3, 0.4) is 0 Å². The molecule has 0 amide bonds. The number of fused-ring (bicyclic) bond motifs is 1. The Kier molecular flexibility index (Phi) is 4.26. The van der Waals surface area contributed by atoms with Crippen molar-refractivity contribution in [2.24, 2.45) is 5.73 Å². The number of hydrogen-bond donors (Lipinski definition) is 1. The van der Waals surface area contributed by atoms with Crippen molar-refractivity contribution in [3.63, 3.8) is 0 Å². The minimum Gasteiger partial charge on any atom is -0.324 e. The summed E-state index contributed by atoms with van der Waals surface area (Å²) in [5.41, 5.74) is 6.76. The van der Waals surface area contributed by atoms with Gasteiger partial charge in [0.1, 0.15) is 11.6 Å². The molecule has 0 unspecified atom stereocenters. The summed E-state index contributed by atoms with van der Waals surface area (Å²) in [5, 5.41) is 9.26. The molecule has 3 rings (SSSR count). The van der Waals surface area contributed by atoms with E-state index in [1.807, 2.05) is 13.0 Å². The summed E-state index contributed by atoms with van der Waals surface area (Å²) < 4.78 is 16.3. The smallest absolute Gasteiger partial charge is 0.196 e. The number of rotatable bonds is 3. The summed E-state index contributed by atoms with van der Waals surface area (Å²) in [4.78, 5) is 0.562. The predicted molar refractivity (Wildman–Crippen MR) is 80.7 cm³/mol. The molecule has 0 fully saturated rings. The summed E-state index contributed by atoms with van der Waals surface area (Å²) in [6, 6.07) is 4.82. The van der Waals surface area contributed by atoms with Gasteiger partial charge in [-0.15, -0.1) is 10.2 Å². The van der Waals surface area contributed by atoms with Crippen molar-refractivity contribution in [2.45, 2.75) is 55.2 Å². The normalized spacial score (nSPS) is 16.3. The van der Waals surface area contributed by atoms with Crippen LogP contribution in [0.15, 0.2) is 28.3 Å². The molecule has 6 heteroatoms. The van der Waals surface area contributed by atoms with Crippen molar-refractivity contribution >= 4 is 11.8 Å². The van der Waals surface area contributed by atoms with E-state index in [1.54, 1.807) is 6.07 Å². The van der Waals surface area contributed by atoms with Crippen LogP contribution in [-0.4, -0.2) is 14.8 Å². The van der Waals surface area contributed by atoms with Gasteiger partial charge in [-0.2, -0.15) is 0 Å². The fraction of sp³-hybridized carbons (Fsp3) is 0.467. The maximum Gasteiger partial charge on any atom is 0.196 e. The van der Waals surface area contributed by atoms with Gasteiger partial charge in [0.25, 0.3) is 0 Å². The van der Waals surface area contributed by atoms with Gasteiger partial charge in [-0.05, 0) is 43.2 Å². The van der Waals surface area contributed by atoms with E-state index in [-0.39, 0.29) is 11.9 Å². The van der Waals surface area contributed by atoms with Gasteiger partial charge < -0.3 is 10.3 Å². The van der Waals surface area contributed by atoms with Crippen LogP contribution in [0.1, 0.15) is 43.6 Å². The molecule has 0 aliphatic carbocycles. The summed E-state index contributed by atoms with van der Waals surface area (Å²) in [5.74, 6) is 0.759. The number of nitrogens with zero attached hydrogens (tertiary/aromatic N) is 3. The highest BCUT2D eigenvalue weighted by molar-refractivity contribution is 7.99. The Balaban J connectivity index is 1.96. The molecule has 1 aromatic carbocycles. The lowest BCUT2D eigenvalue weighted by molar-refractivity contribution is 0.581. The van der Waals surface area contributed by atoms with Crippen LogP contribution < -0.4 is 5.73 Å². The van der Waals surface area contributed by atoms with E-state index in [9.17, 15) is 4.39 Å². The van der Waals surface area contributed by atoms with Crippen LogP contribution in [0, 0.1) is 5.82 Å². The second-order valence-corrected chi connectivity index (χ2v) is 6.39. The molecule has 0 spiro atoms. The molecule has 4 nitrogen and oxygen atoms in total. The van der Waals surface area contributed by atoms with Gasteiger partial charge in [0.2, 0.25) is 0 Å². The van der Waals surface area contributed by atoms with E-state index in [0.717, 1.165) is 42.4 Å². The standard InChI is InChI=1S/C15H19FN4S/c1-10(17)11-6-5-7-12(16)14(11)21-15-19-18-13-8-3-2-4-9-20(13)15/h5-7,10H,2-4,8-9,17H2,1H3/t10-/m0/s1. The topological polar surface area (TPSA) is 56.7 Å². The van der Waals surface area contributed by atoms with Crippen molar-refractivity contribution < 1.29 is 4.39 Å². The monoisotopic (exact) mass is 306 g/mol. The Morgan fingerprint density at radius 1 is 1.29 bits per heavy atom. The van der Waals surface area contributed by atoms with Gasteiger partial charge in [-0.3, -0.25) is 0 Å². The molecular weight excluding hydrogens is 287 g/mol. The van der Waals surface area contributed by atoms with Crippen LogP contribution in [-0.2, 0) is 13.0 Å². The third-order valence-corrected chi connectivity index (χ3v) is 4.88. The second kappa shape index (κ2) is 6.15. The fourth-order valence-corrected chi connectivity index (χ4v) is 3.73. The van der Waals surface area contributed by atoms with Crippen LogP contribution in [0.4, 0.5) is 4.39 Å². The largest absolute Gasteiger partial charge is 0.324 e. The average molecular weight is 306 g/mol. The van der Waals surface area contributed by atoms with Crippen LogP contribution in [0.2, 0.25) is 0 Å². The molecular formula is C15H19FN4S. The third kappa shape index (κ3) is 2.96. The predicted octanol–water partition coefficient (Wildman–Crippen LogP) is 3.31. The van der Waals surface area contributed by atoms with E-state index in [1.165, 1.54) is 24.2 Å². The summed E-state index contributed by atoms with van der Waals surface area (Å²) >= 11 is 1.33. The zero-order valence-corrected chi connectivity index (χ0v) is 12.9. The maximum atomic E-state index is 14.2. The first-order valence-electron chi connectivity index (χ1n) is 7.30. The minimum absolute atomic E-state index is 0.213. The number of benzene rings is 1. The molecule has 1 atom stereocenters.